The third-order valence-electron chi connectivity index (χ3n) is 4.07. The second-order valence-electron chi connectivity index (χ2n) is 5.36. The summed E-state index contributed by atoms with van der Waals surface area (Å²) in [5, 5.41) is -0.00190. The van der Waals surface area contributed by atoms with Gasteiger partial charge in [-0.25, -0.2) is 18.7 Å². The Hall–Kier alpha value is -1.53. The zero-order valence-electron chi connectivity index (χ0n) is 11.2. The first kappa shape index (κ1) is 14.1. The molecule has 0 saturated heterocycles. The van der Waals surface area contributed by atoms with Gasteiger partial charge in [-0.1, -0.05) is 23.8 Å². The molecule has 1 aliphatic heterocycles. The van der Waals surface area contributed by atoms with E-state index in [1.807, 2.05) is 17.1 Å². The Morgan fingerprint density at radius 2 is 2.09 bits per heavy atom. The molecular weight excluding hydrogens is 333 g/mol. The van der Waals surface area contributed by atoms with E-state index in [0.717, 1.165) is 6.42 Å². The molecule has 3 heterocycles. The molecule has 2 aliphatic rings. The van der Waals surface area contributed by atoms with Crippen molar-refractivity contribution in [1.29, 1.82) is 0 Å². The molecule has 0 amide bonds. The third kappa shape index (κ3) is 2.05. The van der Waals surface area contributed by atoms with Crippen LogP contribution in [0.4, 0.5) is 14.6 Å². The summed E-state index contributed by atoms with van der Waals surface area (Å²) < 4.78 is 28.1. The van der Waals surface area contributed by atoms with Crippen molar-refractivity contribution in [3.05, 3.63) is 34.6 Å². The number of anilines is 1. The molecule has 114 valence electrons. The minimum Gasteiger partial charge on any atom is -0.349 e. The highest BCUT2D eigenvalue weighted by Crippen LogP contribution is 2.45. The van der Waals surface area contributed by atoms with Gasteiger partial charge in [-0.2, -0.15) is 4.98 Å². The summed E-state index contributed by atoms with van der Waals surface area (Å²) >= 11 is 11.6. The number of nitrogens with zero attached hydrogens (tertiary/aromatic N) is 4. The van der Waals surface area contributed by atoms with Crippen molar-refractivity contribution in [3.63, 3.8) is 0 Å². The second kappa shape index (κ2) is 4.99. The van der Waals surface area contributed by atoms with E-state index in [4.69, 9.17) is 23.2 Å². The molecule has 8 heteroatoms. The SMILES string of the molecule is Fc1c(Cl)ncc2c(N3CCC=C[C@@H]4[C@H](F)[C@@H]43)nc(Cl)nc12. The van der Waals surface area contributed by atoms with Crippen molar-refractivity contribution in [2.24, 2.45) is 5.92 Å². The lowest BCUT2D eigenvalue weighted by Crippen LogP contribution is -2.30. The fraction of sp³-hybridized carbons (Fsp3) is 0.357. The molecule has 3 atom stereocenters. The van der Waals surface area contributed by atoms with Crippen LogP contribution in [-0.4, -0.2) is 33.7 Å². The van der Waals surface area contributed by atoms with Crippen LogP contribution in [0.5, 0.6) is 0 Å². The van der Waals surface area contributed by atoms with E-state index in [2.05, 4.69) is 15.0 Å². The summed E-state index contributed by atoms with van der Waals surface area (Å²) in [7, 11) is 0. The predicted octanol–water partition coefficient (Wildman–Crippen LogP) is 3.57. The Morgan fingerprint density at radius 3 is 2.91 bits per heavy atom. The third-order valence-corrected chi connectivity index (χ3v) is 4.50. The number of halogens is 4. The van der Waals surface area contributed by atoms with Crippen LogP contribution in [-0.2, 0) is 0 Å². The quantitative estimate of drug-likeness (QED) is 0.451. The van der Waals surface area contributed by atoms with Gasteiger partial charge in [-0.15, -0.1) is 0 Å². The van der Waals surface area contributed by atoms with Gasteiger partial charge in [0.05, 0.1) is 11.4 Å². The van der Waals surface area contributed by atoms with Gasteiger partial charge < -0.3 is 4.90 Å². The van der Waals surface area contributed by atoms with E-state index < -0.39 is 12.0 Å². The van der Waals surface area contributed by atoms with Gasteiger partial charge in [0, 0.05) is 18.7 Å². The first-order valence-corrected chi connectivity index (χ1v) is 7.58. The molecule has 0 bridgehead atoms. The van der Waals surface area contributed by atoms with Gasteiger partial charge in [0.1, 0.15) is 17.5 Å². The molecule has 1 saturated carbocycles. The maximum Gasteiger partial charge on any atom is 0.225 e. The number of rotatable bonds is 1. The van der Waals surface area contributed by atoms with Gasteiger partial charge in [0.15, 0.2) is 11.0 Å². The highest BCUT2D eigenvalue weighted by atomic mass is 35.5. The minimum atomic E-state index is -0.953. The van der Waals surface area contributed by atoms with E-state index in [1.165, 1.54) is 6.20 Å². The molecule has 22 heavy (non-hydrogen) atoms. The van der Waals surface area contributed by atoms with E-state index in [1.54, 1.807) is 0 Å². The zero-order chi connectivity index (χ0) is 15.4. The Labute approximate surface area is 134 Å². The van der Waals surface area contributed by atoms with Crippen LogP contribution in [0.15, 0.2) is 18.3 Å². The molecule has 1 fully saturated rings. The zero-order valence-corrected chi connectivity index (χ0v) is 12.7. The lowest BCUT2D eigenvalue weighted by Gasteiger charge is -2.24. The maximum atomic E-state index is 14.1. The molecule has 0 unspecified atom stereocenters. The minimum absolute atomic E-state index is 0.000172. The van der Waals surface area contributed by atoms with Crippen molar-refractivity contribution >= 4 is 39.9 Å². The summed E-state index contributed by atoms with van der Waals surface area (Å²) in [5.74, 6) is -0.505. The Balaban J connectivity index is 1.90. The van der Waals surface area contributed by atoms with Crippen molar-refractivity contribution < 1.29 is 8.78 Å². The van der Waals surface area contributed by atoms with Crippen molar-refractivity contribution in [1.82, 2.24) is 15.0 Å². The lowest BCUT2D eigenvalue weighted by molar-refractivity contribution is 0.448. The fourth-order valence-electron chi connectivity index (χ4n) is 2.95. The van der Waals surface area contributed by atoms with Gasteiger partial charge >= 0.3 is 0 Å². The number of hydrogen-bond acceptors (Lipinski definition) is 4. The summed E-state index contributed by atoms with van der Waals surface area (Å²) in [6.07, 6.45) is 5.04. The Morgan fingerprint density at radius 1 is 1.27 bits per heavy atom. The first-order chi connectivity index (χ1) is 10.6. The van der Waals surface area contributed by atoms with Crippen LogP contribution in [0.25, 0.3) is 10.9 Å². The molecule has 2 aromatic heterocycles. The Bertz CT molecular complexity index is 798. The average molecular weight is 343 g/mol. The van der Waals surface area contributed by atoms with Crippen LogP contribution in [0, 0.1) is 11.7 Å². The number of aromatic nitrogens is 3. The highest BCUT2D eigenvalue weighted by Gasteiger charge is 2.54. The summed E-state index contributed by atoms with van der Waals surface area (Å²) in [6, 6.07) is -0.299. The van der Waals surface area contributed by atoms with Gasteiger partial charge in [-0.3, -0.25) is 0 Å². The lowest BCUT2D eigenvalue weighted by atomic mass is 10.2. The molecule has 0 radical (unpaired) electrons. The monoisotopic (exact) mass is 342 g/mol. The standard InChI is InChI=1S/C14H10Cl2F2N4/c15-12-9(18)10-7(5-19-12)13(21-14(16)20-10)22-4-2-1-3-6-8(17)11(6)22/h1,3,5-6,8,11H,2,4H2/t6-,8+,11-/m1/s1. The van der Waals surface area contributed by atoms with Crippen LogP contribution in [0.2, 0.25) is 10.4 Å². The van der Waals surface area contributed by atoms with E-state index in [0.29, 0.717) is 17.7 Å². The molecule has 0 spiro atoms. The molecular formula is C14H10Cl2F2N4. The van der Waals surface area contributed by atoms with Gasteiger partial charge in [0.2, 0.25) is 5.28 Å². The first-order valence-electron chi connectivity index (χ1n) is 6.82. The normalized spacial score (nSPS) is 26.9. The Kier molecular flexibility index (Phi) is 3.20. The van der Waals surface area contributed by atoms with E-state index in [9.17, 15) is 8.78 Å². The molecule has 4 rings (SSSR count). The van der Waals surface area contributed by atoms with Gasteiger partial charge in [0.25, 0.3) is 0 Å². The number of hydrogen-bond donors (Lipinski definition) is 0. The second-order valence-corrected chi connectivity index (χ2v) is 6.06. The van der Waals surface area contributed by atoms with Crippen LogP contribution < -0.4 is 4.90 Å². The van der Waals surface area contributed by atoms with Crippen molar-refractivity contribution in [2.75, 3.05) is 11.4 Å². The summed E-state index contributed by atoms with van der Waals surface area (Å²) in [5.41, 5.74) is -0.000172. The molecule has 0 N–H and O–H groups in total. The molecule has 4 nitrogen and oxygen atoms in total. The topological polar surface area (TPSA) is 41.9 Å². The largest absolute Gasteiger partial charge is 0.349 e. The van der Waals surface area contributed by atoms with Crippen LogP contribution >= 0.6 is 23.2 Å². The maximum absolute atomic E-state index is 14.1. The van der Waals surface area contributed by atoms with Gasteiger partial charge in [-0.05, 0) is 18.0 Å². The highest BCUT2D eigenvalue weighted by molar-refractivity contribution is 6.30. The average Bonchev–Trinajstić information content (AvgIpc) is 3.18. The van der Waals surface area contributed by atoms with E-state index in [-0.39, 0.29) is 27.9 Å². The molecule has 1 aliphatic carbocycles. The van der Waals surface area contributed by atoms with Crippen molar-refractivity contribution in [2.45, 2.75) is 18.6 Å². The number of pyridine rings is 1. The summed E-state index contributed by atoms with van der Waals surface area (Å²) in [4.78, 5) is 13.7. The van der Waals surface area contributed by atoms with E-state index >= 15 is 0 Å². The van der Waals surface area contributed by atoms with Crippen LogP contribution in [0.1, 0.15) is 6.42 Å². The van der Waals surface area contributed by atoms with Crippen LogP contribution in [0.3, 0.4) is 0 Å². The number of alkyl halides is 1. The smallest absolute Gasteiger partial charge is 0.225 e. The molecule has 0 aromatic carbocycles. The predicted molar refractivity (Wildman–Crippen MR) is 80.6 cm³/mol. The fourth-order valence-corrected chi connectivity index (χ4v) is 3.26. The van der Waals surface area contributed by atoms with Crippen molar-refractivity contribution in [3.8, 4) is 0 Å². The molecule has 2 aromatic rings. The number of fused-ring (bicyclic) bond motifs is 2. The summed E-state index contributed by atoms with van der Waals surface area (Å²) in [6.45, 7) is 0.574.